The van der Waals surface area contributed by atoms with Gasteiger partial charge in [-0.25, -0.2) is 4.68 Å². The van der Waals surface area contributed by atoms with Gasteiger partial charge < -0.3 is 10.5 Å². The van der Waals surface area contributed by atoms with Gasteiger partial charge in [0.2, 0.25) is 0 Å². The third-order valence-electron chi connectivity index (χ3n) is 3.09. The molecule has 0 unspecified atom stereocenters. The lowest BCUT2D eigenvalue weighted by Gasteiger charge is -2.07. The number of benzene rings is 1. The summed E-state index contributed by atoms with van der Waals surface area (Å²) in [5.74, 6) is 1.93. The molecule has 1 aromatic heterocycles. The first kappa shape index (κ1) is 11.1. The second-order valence-electron chi connectivity index (χ2n) is 4.47. The van der Waals surface area contributed by atoms with Crippen molar-refractivity contribution in [3.63, 3.8) is 0 Å². The zero-order valence-corrected chi connectivity index (χ0v) is 10.3. The number of aromatic nitrogens is 3. The molecule has 0 amide bonds. The van der Waals surface area contributed by atoms with Crippen LogP contribution in [0.3, 0.4) is 0 Å². The summed E-state index contributed by atoms with van der Waals surface area (Å²) < 4.78 is 7.26. The third-order valence-corrected chi connectivity index (χ3v) is 3.09. The van der Waals surface area contributed by atoms with Crippen molar-refractivity contribution in [3.8, 4) is 11.4 Å². The number of anilines is 1. The van der Waals surface area contributed by atoms with Crippen molar-refractivity contribution >= 4 is 5.82 Å². The molecule has 1 heterocycles. The highest BCUT2D eigenvalue weighted by Gasteiger charge is 2.31. The van der Waals surface area contributed by atoms with Crippen LogP contribution < -0.4 is 10.5 Å². The Morgan fingerprint density at radius 3 is 2.67 bits per heavy atom. The Balaban J connectivity index is 1.94. The molecule has 0 bridgehead atoms. The first-order valence-corrected chi connectivity index (χ1v) is 6.24. The quantitative estimate of drug-likeness (QED) is 0.894. The monoisotopic (exact) mass is 244 g/mol. The molecule has 1 aromatic carbocycles. The van der Waals surface area contributed by atoms with Crippen molar-refractivity contribution in [2.75, 3.05) is 12.3 Å². The fraction of sp³-hybridized carbons (Fsp3) is 0.385. The molecular formula is C13H16N4O. The van der Waals surface area contributed by atoms with Crippen LogP contribution in [0.25, 0.3) is 5.69 Å². The average molecular weight is 244 g/mol. The summed E-state index contributed by atoms with van der Waals surface area (Å²) in [5.41, 5.74) is 7.90. The van der Waals surface area contributed by atoms with E-state index in [0.717, 1.165) is 17.1 Å². The second-order valence-corrected chi connectivity index (χ2v) is 4.47. The molecule has 2 N–H and O–H groups in total. The first-order chi connectivity index (χ1) is 8.79. The Morgan fingerprint density at radius 1 is 1.33 bits per heavy atom. The standard InChI is InChI=1S/C13H16N4O/c1-2-18-11-7-5-10(6-8-11)17-12(9-3-4-9)13(14)15-16-17/h5-9H,2-4,14H2,1H3. The van der Waals surface area contributed by atoms with E-state index in [1.807, 2.05) is 35.9 Å². The zero-order valence-electron chi connectivity index (χ0n) is 10.3. The highest BCUT2D eigenvalue weighted by molar-refractivity contribution is 5.45. The van der Waals surface area contributed by atoms with Crippen LogP contribution in [0.1, 0.15) is 31.4 Å². The molecule has 2 aromatic rings. The summed E-state index contributed by atoms with van der Waals surface area (Å²) in [7, 11) is 0. The van der Waals surface area contributed by atoms with E-state index in [0.29, 0.717) is 18.3 Å². The largest absolute Gasteiger partial charge is 0.494 e. The molecule has 3 rings (SSSR count). The van der Waals surface area contributed by atoms with Crippen LogP contribution in [-0.4, -0.2) is 21.6 Å². The molecule has 1 saturated carbocycles. The molecular weight excluding hydrogens is 228 g/mol. The topological polar surface area (TPSA) is 66.0 Å². The molecule has 0 spiro atoms. The van der Waals surface area contributed by atoms with Gasteiger partial charge in [-0.05, 0) is 44.0 Å². The van der Waals surface area contributed by atoms with Gasteiger partial charge in [-0.1, -0.05) is 5.21 Å². The van der Waals surface area contributed by atoms with Crippen LogP contribution in [0, 0.1) is 0 Å². The molecule has 0 saturated heterocycles. The molecule has 0 aliphatic heterocycles. The maximum atomic E-state index is 5.88. The molecule has 94 valence electrons. The molecule has 1 fully saturated rings. The van der Waals surface area contributed by atoms with Crippen LogP contribution in [0.15, 0.2) is 24.3 Å². The van der Waals surface area contributed by atoms with Crippen molar-refractivity contribution in [2.24, 2.45) is 0 Å². The van der Waals surface area contributed by atoms with Crippen molar-refractivity contribution in [3.05, 3.63) is 30.0 Å². The number of ether oxygens (including phenoxy) is 1. The van der Waals surface area contributed by atoms with Crippen LogP contribution >= 0.6 is 0 Å². The van der Waals surface area contributed by atoms with Crippen LogP contribution in [0.5, 0.6) is 5.75 Å². The van der Waals surface area contributed by atoms with E-state index in [1.165, 1.54) is 12.8 Å². The zero-order chi connectivity index (χ0) is 12.5. The van der Waals surface area contributed by atoms with Gasteiger partial charge >= 0.3 is 0 Å². The fourth-order valence-electron chi connectivity index (χ4n) is 2.08. The summed E-state index contributed by atoms with van der Waals surface area (Å²) in [6, 6.07) is 7.83. The van der Waals surface area contributed by atoms with Gasteiger partial charge in [-0.15, -0.1) is 5.10 Å². The second kappa shape index (κ2) is 4.33. The van der Waals surface area contributed by atoms with Crippen molar-refractivity contribution < 1.29 is 4.74 Å². The van der Waals surface area contributed by atoms with Crippen LogP contribution in [0.4, 0.5) is 5.82 Å². The highest BCUT2D eigenvalue weighted by atomic mass is 16.5. The molecule has 18 heavy (non-hydrogen) atoms. The summed E-state index contributed by atoms with van der Waals surface area (Å²) in [6.45, 7) is 2.64. The number of hydrogen-bond donors (Lipinski definition) is 1. The van der Waals surface area contributed by atoms with E-state index in [4.69, 9.17) is 10.5 Å². The maximum absolute atomic E-state index is 5.88. The lowest BCUT2D eigenvalue weighted by atomic mass is 10.2. The Labute approximate surface area is 106 Å². The number of nitrogens with zero attached hydrogens (tertiary/aromatic N) is 3. The number of hydrogen-bond acceptors (Lipinski definition) is 4. The van der Waals surface area contributed by atoms with Crippen LogP contribution in [0.2, 0.25) is 0 Å². The van der Waals surface area contributed by atoms with E-state index in [-0.39, 0.29) is 0 Å². The van der Waals surface area contributed by atoms with Gasteiger partial charge in [0.05, 0.1) is 18.0 Å². The predicted octanol–water partition coefficient (Wildman–Crippen LogP) is 2.13. The minimum atomic E-state index is 0.520. The molecule has 5 nitrogen and oxygen atoms in total. The Hall–Kier alpha value is -2.04. The smallest absolute Gasteiger partial charge is 0.169 e. The van der Waals surface area contributed by atoms with Crippen molar-refractivity contribution in [1.29, 1.82) is 0 Å². The maximum Gasteiger partial charge on any atom is 0.169 e. The third kappa shape index (κ3) is 1.92. The van der Waals surface area contributed by atoms with Crippen molar-refractivity contribution in [2.45, 2.75) is 25.7 Å². The molecule has 1 aliphatic carbocycles. The van der Waals surface area contributed by atoms with Gasteiger partial charge in [0.1, 0.15) is 5.75 Å². The van der Waals surface area contributed by atoms with Crippen molar-refractivity contribution in [1.82, 2.24) is 15.0 Å². The molecule has 1 aliphatic rings. The SMILES string of the molecule is CCOc1ccc(-n2nnc(N)c2C2CC2)cc1. The van der Waals surface area contributed by atoms with Gasteiger partial charge in [0.15, 0.2) is 5.82 Å². The summed E-state index contributed by atoms with van der Waals surface area (Å²) in [5, 5.41) is 8.10. The number of nitrogens with two attached hydrogens (primary N) is 1. The Kier molecular flexibility index (Phi) is 2.66. The minimum Gasteiger partial charge on any atom is -0.494 e. The Bertz CT molecular complexity index is 543. The Morgan fingerprint density at radius 2 is 2.06 bits per heavy atom. The summed E-state index contributed by atoms with van der Waals surface area (Å²) >= 11 is 0. The fourth-order valence-corrected chi connectivity index (χ4v) is 2.08. The predicted molar refractivity (Wildman–Crippen MR) is 68.9 cm³/mol. The molecule has 0 atom stereocenters. The summed E-state index contributed by atoms with van der Waals surface area (Å²) in [6.07, 6.45) is 2.35. The van der Waals surface area contributed by atoms with Gasteiger partial charge in [-0.2, -0.15) is 0 Å². The number of nitrogen functional groups attached to an aromatic ring is 1. The average Bonchev–Trinajstić information content (AvgIpc) is 3.14. The summed E-state index contributed by atoms with van der Waals surface area (Å²) in [4.78, 5) is 0. The normalized spacial score (nSPS) is 14.7. The molecule has 0 radical (unpaired) electrons. The van der Waals surface area contributed by atoms with Gasteiger partial charge in [0.25, 0.3) is 0 Å². The minimum absolute atomic E-state index is 0.520. The molecule has 5 heteroatoms. The highest BCUT2D eigenvalue weighted by Crippen LogP contribution is 2.42. The van der Waals surface area contributed by atoms with E-state index < -0.39 is 0 Å². The van der Waals surface area contributed by atoms with E-state index >= 15 is 0 Å². The lowest BCUT2D eigenvalue weighted by molar-refractivity contribution is 0.340. The van der Waals surface area contributed by atoms with Gasteiger partial charge in [-0.3, -0.25) is 0 Å². The van der Waals surface area contributed by atoms with E-state index in [1.54, 1.807) is 0 Å². The first-order valence-electron chi connectivity index (χ1n) is 6.24. The van der Waals surface area contributed by atoms with E-state index in [9.17, 15) is 0 Å². The number of rotatable bonds is 4. The van der Waals surface area contributed by atoms with E-state index in [2.05, 4.69) is 10.3 Å². The lowest BCUT2D eigenvalue weighted by Crippen LogP contribution is -2.02. The van der Waals surface area contributed by atoms with Crippen LogP contribution in [-0.2, 0) is 0 Å². The van der Waals surface area contributed by atoms with Gasteiger partial charge in [0, 0.05) is 5.92 Å².